The molecule has 0 atom stereocenters. The first-order valence-electron chi connectivity index (χ1n) is 9.31. The molecular formula is C21H22N4O2. The van der Waals surface area contributed by atoms with Crippen molar-refractivity contribution in [3.05, 3.63) is 65.7 Å². The maximum Gasteiger partial charge on any atom is 0.276 e. The number of nitrogens with one attached hydrogen (secondary N) is 1. The van der Waals surface area contributed by atoms with Gasteiger partial charge in [-0.25, -0.2) is 4.98 Å². The lowest BCUT2D eigenvalue weighted by atomic mass is 9.89. The molecule has 0 radical (unpaired) electrons. The van der Waals surface area contributed by atoms with E-state index in [0.717, 1.165) is 24.2 Å². The van der Waals surface area contributed by atoms with Gasteiger partial charge in [-0.2, -0.15) is 0 Å². The molecule has 0 spiro atoms. The summed E-state index contributed by atoms with van der Waals surface area (Å²) in [5.74, 6) is 0.613. The van der Waals surface area contributed by atoms with E-state index in [9.17, 15) is 9.59 Å². The molecule has 2 amide bonds. The van der Waals surface area contributed by atoms with Crippen molar-refractivity contribution in [1.29, 1.82) is 0 Å². The molecule has 6 nitrogen and oxygen atoms in total. The number of carbonyl (C=O) groups excluding carboxylic acids is 2. The summed E-state index contributed by atoms with van der Waals surface area (Å²) >= 11 is 0. The van der Waals surface area contributed by atoms with Crippen LogP contribution in [0.3, 0.4) is 0 Å². The molecule has 3 N–H and O–H groups in total. The molecule has 27 heavy (non-hydrogen) atoms. The molecule has 0 saturated heterocycles. The number of fused-ring (bicyclic) bond motifs is 1. The van der Waals surface area contributed by atoms with Crippen LogP contribution in [-0.2, 0) is 0 Å². The summed E-state index contributed by atoms with van der Waals surface area (Å²) in [5.41, 5.74) is 7.49. The number of anilines is 1. The van der Waals surface area contributed by atoms with E-state index in [4.69, 9.17) is 10.7 Å². The summed E-state index contributed by atoms with van der Waals surface area (Å²) in [7, 11) is 0. The maximum absolute atomic E-state index is 12.9. The number of pyridine rings is 1. The molecule has 0 aliphatic heterocycles. The average Bonchev–Trinajstić information content (AvgIpc) is 3.09. The van der Waals surface area contributed by atoms with E-state index in [1.165, 1.54) is 19.3 Å². The van der Waals surface area contributed by atoms with Gasteiger partial charge in [0.05, 0.1) is 5.52 Å². The summed E-state index contributed by atoms with van der Waals surface area (Å²) < 4.78 is 2.04. The summed E-state index contributed by atoms with van der Waals surface area (Å²) in [6.07, 6.45) is 7.90. The number of hydrogen-bond donors (Lipinski definition) is 2. The number of imidazole rings is 1. The lowest BCUT2D eigenvalue weighted by Crippen LogP contribution is -2.14. The fraction of sp³-hybridized carbons (Fsp3) is 0.286. The van der Waals surface area contributed by atoms with Gasteiger partial charge in [-0.3, -0.25) is 9.59 Å². The van der Waals surface area contributed by atoms with Gasteiger partial charge in [-0.15, -0.1) is 0 Å². The standard InChI is InChI=1S/C21H22N4O2/c22-19(26)14-9-11-16(12-10-14)23-21(27)18-17-8-4-5-13-25(17)20(24-18)15-6-2-1-3-7-15/h4-5,8-13,15H,1-3,6-7H2,(H2,22,26)(H,23,27). The Morgan fingerprint density at radius 3 is 2.48 bits per heavy atom. The van der Waals surface area contributed by atoms with Crippen molar-refractivity contribution in [2.45, 2.75) is 38.0 Å². The van der Waals surface area contributed by atoms with E-state index >= 15 is 0 Å². The normalized spacial score (nSPS) is 15.0. The van der Waals surface area contributed by atoms with Crippen LogP contribution in [0.1, 0.15) is 64.7 Å². The minimum Gasteiger partial charge on any atom is -0.366 e. The molecule has 0 bridgehead atoms. The molecule has 138 valence electrons. The van der Waals surface area contributed by atoms with E-state index in [0.29, 0.717) is 22.9 Å². The summed E-state index contributed by atoms with van der Waals surface area (Å²) in [4.78, 5) is 28.8. The molecule has 4 rings (SSSR count). The molecule has 1 aliphatic rings. The number of amides is 2. The van der Waals surface area contributed by atoms with Crippen molar-refractivity contribution in [2.75, 3.05) is 5.32 Å². The van der Waals surface area contributed by atoms with Crippen molar-refractivity contribution in [3.8, 4) is 0 Å². The van der Waals surface area contributed by atoms with E-state index in [-0.39, 0.29) is 5.91 Å². The highest BCUT2D eigenvalue weighted by molar-refractivity contribution is 6.07. The number of nitrogens with two attached hydrogens (primary N) is 1. The first-order chi connectivity index (χ1) is 13.1. The third kappa shape index (κ3) is 3.43. The fourth-order valence-corrected chi connectivity index (χ4v) is 3.79. The van der Waals surface area contributed by atoms with Gasteiger partial charge in [-0.05, 0) is 49.2 Å². The number of aromatic nitrogens is 2. The Morgan fingerprint density at radius 1 is 1.04 bits per heavy atom. The molecule has 0 unspecified atom stereocenters. The van der Waals surface area contributed by atoms with E-state index < -0.39 is 5.91 Å². The van der Waals surface area contributed by atoms with Crippen LogP contribution in [0.25, 0.3) is 5.52 Å². The van der Waals surface area contributed by atoms with Crippen LogP contribution in [0.5, 0.6) is 0 Å². The van der Waals surface area contributed by atoms with Crippen molar-refractivity contribution in [3.63, 3.8) is 0 Å². The van der Waals surface area contributed by atoms with Gasteiger partial charge in [0.1, 0.15) is 5.82 Å². The Kier molecular flexibility index (Phi) is 4.62. The highest BCUT2D eigenvalue weighted by Gasteiger charge is 2.24. The predicted molar refractivity (Wildman–Crippen MR) is 104 cm³/mol. The van der Waals surface area contributed by atoms with Gasteiger partial charge < -0.3 is 15.5 Å². The van der Waals surface area contributed by atoms with Crippen LogP contribution in [0.15, 0.2) is 48.7 Å². The molecule has 6 heteroatoms. The highest BCUT2D eigenvalue weighted by Crippen LogP contribution is 2.33. The Morgan fingerprint density at radius 2 is 1.78 bits per heavy atom. The third-order valence-electron chi connectivity index (χ3n) is 5.19. The highest BCUT2D eigenvalue weighted by atomic mass is 16.2. The van der Waals surface area contributed by atoms with Gasteiger partial charge in [0, 0.05) is 23.4 Å². The lowest BCUT2D eigenvalue weighted by molar-refractivity contribution is 0.0998. The number of nitrogens with zero attached hydrogens (tertiary/aromatic N) is 2. The third-order valence-corrected chi connectivity index (χ3v) is 5.19. The monoisotopic (exact) mass is 362 g/mol. The second kappa shape index (κ2) is 7.23. The zero-order valence-electron chi connectivity index (χ0n) is 15.0. The average molecular weight is 362 g/mol. The Labute approximate surface area is 157 Å². The van der Waals surface area contributed by atoms with Crippen LogP contribution in [0.2, 0.25) is 0 Å². The van der Waals surface area contributed by atoms with E-state index in [2.05, 4.69) is 5.32 Å². The van der Waals surface area contributed by atoms with Gasteiger partial charge >= 0.3 is 0 Å². The Balaban J connectivity index is 1.64. The minimum atomic E-state index is -0.495. The number of carbonyl (C=O) groups is 2. The maximum atomic E-state index is 12.9. The lowest BCUT2D eigenvalue weighted by Gasteiger charge is -2.20. The van der Waals surface area contributed by atoms with Gasteiger partial charge in [0.2, 0.25) is 5.91 Å². The molecule has 1 aliphatic carbocycles. The SMILES string of the molecule is NC(=O)c1ccc(NC(=O)c2nc(C3CCCCC3)n3ccccc23)cc1. The molecule has 3 aromatic rings. The Hall–Kier alpha value is -3.15. The number of primary amides is 1. The van der Waals surface area contributed by atoms with Gasteiger partial charge in [0.15, 0.2) is 5.69 Å². The number of rotatable bonds is 4. The van der Waals surface area contributed by atoms with Crippen LogP contribution in [0.4, 0.5) is 5.69 Å². The van der Waals surface area contributed by atoms with Crippen LogP contribution in [0, 0.1) is 0 Å². The first kappa shape index (κ1) is 17.3. The van der Waals surface area contributed by atoms with Crippen molar-refractivity contribution in [1.82, 2.24) is 9.38 Å². The summed E-state index contributed by atoms with van der Waals surface area (Å²) in [6, 6.07) is 12.3. The van der Waals surface area contributed by atoms with Crippen LogP contribution < -0.4 is 11.1 Å². The van der Waals surface area contributed by atoms with E-state index in [1.54, 1.807) is 24.3 Å². The number of benzene rings is 1. The quantitative estimate of drug-likeness (QED) is 0.741. The topological polar surface area (TPSA) is 89.5 Å². The minimum absolute atomic E-state index is 0.257. The smallest absolute Gasteiger partial charge is 0.276 e. The summed E-state index contributed by atoms with van der Waals surface area (Å²) in [6.45, 7) is 0. The van der Waals surface area contributed by atoms with Crippen molar-refractivity contribution in [2.24, 2.45) is 5.73 Å². The van der Waals surface area contributed by atoms with Crippen molar-refractivity contribution < 1.29 is 9.59 Å². The molecule has 2 heterocycles. The molecule has 1 saturated carbocycles. The molecular weight excluding hydrogens is 340 g/mol. The molecule has 2 aromatic heterocycles. The van der Waals surface area contributed by atoms with Gasteiger partial charge in [0.25, 0.3) is 5.91 Å². The van der Waals surface area contributed by atoms with Crippen LogP contribution in [-0.4, -0.2) is 21.2 Å². The second-order valence-corrected chi connectivity index (χ2v) is 7.01. The second-order valence-electron chi connectivity index (χ2n) is 7.01. The fourth-order valence-electron chi connectivity index (χ4n) is 3.79. The zero-order valence-corrected chi connectivity index (χ0v) is 15.0. The Bertz CT molecular complexity index is 985. The van der Waals surface area contributed by atoms with Crippen LogP contribution >= 0.6 is 0 Å². The van der Waals surface area contributed by atoms with Gasteiger partial charge in [-0.1, -0.05) is 25.3 Å². The summed E-state index contributed by atoms with van der Waals surface area (Å²) in [5, 5.41) is 2.87. The molecule has 1 aromatic carbocycles. The zero-order chi connectivity index (χ0) is 18.8. The largest absolute Gasteiger partial charge is 0.366 e. The van der Waals surface area contributed by atoms with Crippen molar-refractivity contribution >= 4 is 23.0 Å². The first-order valence-corrected chi connectivity index (χ1v) is 9.31. The molecule has 1 fully saturated rings. The number of hydrogen-bond acceptors (Lipinski definition) is 3. The predicted octanol–water partition coefficient (Wildman–Crippen LogP) is 3.73. The van der Waals surface area contributed by atoms with E-state index in [1.807, 2.05) is 28.8 Å².